The summed E-state index contributed by atoms with van der Waals surface area (Å²) < 4.78 is 18.5. The molecule has 0 atom stereocenters. The molecule has 1 N–H and O–H groups in total. The summed E-state index contributed by atoms with van der Waals surface area (Å²) in [6, 6.07) is 12.3. The molecule has 0 radical (unpaired) electrons. The largest absolute Gasteiger partial charge is 0.455 e. The second-order valence-electron chi connectivity index (χ2n) is 6.72. The summed E-state index contributed by atoms with van der Waals surface area (Å²) in [5.41, 5.74) is 0.341. The van der Waals surface area contributed by atoms with Crippen molar-refractivity contribution in [2.24, 2.45) is 0 Å². The van der Waals surface area contributed by atoms with Crippen molar-refractivity contribution in [3.8, 4) is 6.07 Å². The molecule has 5 nitrogen and oxygen atoms in total. The summed E-state index contributed by atoms with van der Waals surface area (Å²) in [7, 11) is 0. The fourth-order valence-electron chi connectivity index (χ4n) is 3.53. The van der Waals surface area contributed by atoms with Crippen molar-refractivity contribution in [1.82, 2.24) is 0 Å². The third-order valence-electron chi connectivity index (χ3n) is 4.96. The Balaban J connectivity index is 1.68. The predicted octanol–water partition coefficient (Wildman–Crippen LogP) is 4.34. The molecule has 1 aliphatic rings. The Morgan fingerprint density at radius 3 is 2.50 bits per heavy atom. The van der Waals surface area contributed by atoms with E-state index >= 15 is 0 Å². The lowest BCUT2D eigenvalue weighted by Crippen LogP contribution is -2.36. The Hall–Kier alpha value is -2.91. The molecule has 1 saturated carbocycles. The van der Waals surface area contributed by atoms with Gasteiger partial charge in [-0.1, -0.05) is 36.6 Å². The topological polar surface area (TPSA) is 79.2 Å². The van der Waals surface area contributed by atoms with E-state index < -0.39 is 23.9 Å². The van der Waals surface area contributed by atoms with Crippen molar-refractivity contribution in [1.29, 1.82) is 5.26 Å². The molecule has 1 aliphatic carbocycles. The van der Waals surface area contributed by atoms with E-state index in [4.69, 9.17) is 21.6 Å². The van der Waals surface area contributed by atoms with Gasteiger partial charge in [0.15, 0.2) is 6.61 Å². The van der Waals surface area contributed by atoms with Crippen LogP contribution in [0.2, 0.25) is 5.02 Å². The minimum Gasteiger partial charge on any atom is -0.455 e. The van der Waals surface area contributed by atoms with E-state index in [9.17, 15) is 14.0 Å². The van der Waals surface area contributed by atoms with Crippen molar-refractivity contribution in [2.45, 2.75) is 31.1 Å². The van der Waals surface area contributed by atoms with Crippen LogP contribution < -0.4 is 5.32 Å². The van der Waals surface area contributed by atoms with Gasteiger partial charge in [0.2, 0.25) is 0 Å². The summed E-state index contributed by atoms with van der Waals surface area (Å²) in [6.45, 7) is -0.487. The van der Waals surface area contributed by atoms with Crippen LogP contribution in [0.15, 0.2) is 42.5 Å². The minimum atomic E-state index is -0.859. The highest BCUT2D eigenvalue weighted by molar-refractivity contribution is 6.31. The molecular formula is C21H18ClFN2O3. The molecule has 144 valence electrons. The van der Waals surface area contributed by atoms with Crippen LogP contribution in [0.1, 0.15) is 36.8 Å². The molecule has 0 aromatic heterocycles. The van der Waals surface area contributed by atoms with Crippen LogP contribution in [-0.2, 0) is 19.7 Å². The maximum atomic E-state index is 13.2. The van der Waals surface area contributed by atoms with Gasteiger partial charge >= 0.3 is 5.97 Å². The number of nitrogens with one attached hydrogen (secondary N) is 1. The van der Waals surface area contributed by atoms with Crippen LogP contribution >= 0.6 is 11.6 Å². The van der Waals surface area contributed by atoms with Gasteiger partial charge in [0.1, 0.15) is 11.9 Å². The van der Waals surface area contributed by atoms with Crippen LogP contribution in [0.3, 0.4) is 0 Å². The molecule has 2 aromatic carbocycles. The number of halogens is 2. The second kappa shape index (κ2) is 8.41. The molecule has 0 unspecified atom stereocenters. The second-order valence-corrected chi connectivity index (χ2v) is 7.16. The van der Waals surface area contributed by atoms with E-state index in [0.29, 0.717) is 23.4 Å². The zero-order chi connectivity index (χ0) is 20.1. The van der Waals surface area contributed by atoms with Crippen LogP contribution in [0.25, 0.3) is 0 Å². The molecule has 1 amide bonds. The van der Waals surface area contributed by atoms with Crippen molar-refractivity contribution in [3.63, 3.8) is 0 Å². The van der Waals surface area contributed by atoms with Crippen molar-refractivity contribution in [2.75, 3.05) is 11.9 Å². The molecule has 2 aromatic rings. The van der Waals surface area contributed by atoms with Gasteiger partial charge in [-0.25, -0.2) is 4.39 Å². The number of esters is 1. The monoisotopic (exact) mass is 400 g/mol. The van der Waals surface area contributed by atoms with Crippen molar-refractivity contribution >= 4 is 29.2 Å². The number of anilines is 1. The van der Waals surface area contributed by atoms with Crippen molar-refractivity contribution < 1.29 is 18.7 Å². The van der Waals surface area contributed by atoms with Crippen LogP contribution in [0.4, 0.5) is 10.1 Å². The van der Waals surface area contributed by atoms with E-state index in [2.05, 4.69) is 5.32 Å². The summed E-state index contributed by atoms with van der Waals surface area (Å²) in [6.07, 6.45) is 2.89. The minimum absolute atomic E-state index is 0.252. The molecule has 0 bridgehead atoms. The fourth-order valence-corrected chi connectivity index (χ4v) is 3.70. The molecule has 0 spiro atoms. The maximum absolute atomic E-state index is 13.2. The molecule has 7 heteroatoms. The van der Waals surface area contributed by atoms with Gasteiger partial charge in [0, 0.05) is 5.02 Å². The SMILES string of the molecule is N#Cc1ccc(Cl)cc1NC(=O)COC(=O)C1(c2ccc(F)cc2)CCCC1. The molecular weight excluding hydrogens is 383 g/mol. The van der Waals surface area contributed by atoms with E-state index in [1.807, 2.05) is 6.07 Å². The highest BCUT2D eigenvalue weighted by atomic mass is 35.5. The van der Waals surface area contributed by atoms with Crippen LogP contribution in [0.5, 0.6) is 0 Å². The number of carbonyl (C=O) groups excluding carboxylic acids is 2. The smallest absolute Gasteiger partial charge is 0.317 e. The third kappa shape index (κ3) is 4.15. The molecule has 3 rings (SSSR count). The number of hydrogen-bond acceptors (Lipinski definition) is 4. The fraction of sp³-hybridized carbons (Fsp3) is 0.286. The van der Waals surface area contributed by atoms with Gasteiger partial charge in [-0.3, -0.25) is 9.59 Å². The maximum Gasteiger partial charge on any atom is 0.317 e. The number of nitriles is 1. The average molecular weight is 401 g/mol. The van der Waals surface area contributed by atoms with Gasteiger partial charge in [-0.2, -0.15) is 5.26 Å². The standard InChI is InChI=1S/C21H18ClFN2O3/c22-16-6-3-14(12-24)18(11-16)25-19(26)13-28-20(27)21(9-1-2-10-21)15-4-7-17(23)8-5-15/h3-8,11H,1-2,9-10,13H2,(H,25,26). The van der Waals surface area contributed by atoms with E-state index in [1.165, 1.54) is 24.3 Å². The molecule has 0 saturated heterocycles. The summed E-state index contributed by atoms with van der Waals surface area (Å²) in [5.74, 6) is -1.45. The predicted molar refractivity (Wildman–Crippen MR) is 102 cm³/mol. The first-order valence-corrected chi connectivity index (χ1v) is 9.25. The zero-order valence-electron chi connectivity index (χ0n) is 15.0. The van der Waals surface area contributed by atoms with Crippen molar-refractivity contribution in [3.05, 3.63) is 64.4 Å². The summed E-state index contributed by atoms with van der Waals surface area (Å²) in [4.78, 5) is 25.0. The number of rotatable bonds is 5. The Bertz CT molecular complexity index is 932. The summed E-state index contributed by atoms with van der Waals surface area (Å²) in [5, 5.41) is 12.0. The molecule has 0 heterocycles. The third-order valence-corrected chi connectivity index (χ3v) is 5.19. The quantitative estimate of drug-likeness (QED) is 0.757. The first-order valence-electron chi connectivity index (χ1n) is 8.87. The molecule has 1 fully saturated rings. The first-order chi connectivity index (χ1) is 13.4. The van der Waals surface area contributed by atoms with Crippen LogP contribution in [-0.4, -0.2) is 18.5 Å². The van der Waals surface area contributed by atoms with E-state index in [0.717, 1.165) is 12.8 Å². The average Bonchev–Trinajstić information content (AvgIpc) is 3.18. The number of benzene rings is 2. The lowest BCUT2D eigenvalue weighted by atomic mass is 9.79. The Morgan fingerprint density at radius 2 is 1.86 bits per heavy atom. The Kier molecular flexibility index (Phi) is 5.96. The van der Waals surface area contributed by atoms with Crippen LogP contribution in [0, 0.1) is 17.1 Å². The van der Waals surface area contributed by atoms with E-state index in [-0.39, 0.29) is 17.1 Å². The first kappa shape index (κ1) is 19.8. The normalized spacial score (nSPS) is 14.9. The Morgan fingerprint density at radius 1 is 1.18 bits per heavy atom. The van der Waals surface area contributed by atoms with Gasteiger partial charge in [-0.05, 0) is 48.7 Å². The summed E-state index contributed by atoms with van der Waals surface area (Å²) >= 11 is 5.90. The number of carbonyl (C=O) groups is 2. The zero-order valence-corrected chi connectivity index (χ0v) is 15.8. The molecule has 28 heavy (non-hydrogen) atoms. The highest BCUT2D eigenvalue weighted by Crippen LogP contribution is 2.42. The van der Waals surface area contributed by atoms with Gasteiger partial charge in [-0.15, -0.1) is 0 Å². The number of ether oxygens (including phenoxy) is 1. The molecule has 0 aliphatic heterocycles. The van der Waals surface area contributed by atoms with Gasteiger partial charge < -0.3 is 10.1 Å². The number of hydrogen-bond donors (Lipinski definition) is 1. The van der Waals surface area contributed by atoms with E-state index in [1.54, 1.807) is 18.2 Å². The van der Waals surface area contributed by atoms with Gasteiger partial charge in [0.25, 0.3) is 5.91 Å². The number of amides is 1. The number of nitrogens with zero attached hydrogens (tertiary/aromatic N) is 1. The Labute approximate surface area is 167 Å². The highest BCUT2D eigenvalue weighted by Gasteiger charge is 2.44. The van der Waals surface area contributed by atoms with Gasteiger partial charge in [0.05, 0.1) is 16.7 Å². The lowest BCUT2D eigenvalue weighted by molar-refractivity contribution is -0.153. The lowest BCUT2D eigenvalue weighted by Gasteiger charge is -2.27.